The van der Waals surface area contributed by atoms with E-state index in [4.69, 9.17) is 0 Å². The van der Waals surface area contributed by atoms with E-state index in [9.17, 15) is 13.6 Å². The Bertz CT molecular complexity index is 396. The molecule has 0 unspecified atom stereocenters. The van der Waals surface area contributed by atoms with E-state index in [2.05, 4.69) is 15.9 Å². The molecule has 0 aliphatic heterocycles. The third-order valence-electron chi connectivity index (χ3n) is 2.19. The van der Waals surface area contributed by atoms with Crippen LogP contribution in [0.25, 0.3) is 0 Å². The number of halogens is 3. The fourth-order valence-electron chi connectivity index (χ4n) is 1.32. The fourth-order valence-corrected chi connectivity index (χ4v) is 1.68. The average Bonchev–Trinajstić information content (AvgIpc) is 2.19. The van der Waals surface area contributed by atoms with Gasteiger partial charge in [-0.05, 0) is 24.6 Å². The topological polar surface area (TPSA) is 20.3 Å². The number of aryl methyl sites for hydroxylation is 1. The van der Waals surface area contributed by atoms with Crippen LogP contribution in [0.4, 0.5) is 8.78 Å². The zero-order chi connectivity index (χ0) is 12.3. The lowest BCUT2D eigenvalue weighted by Gasteiger charge is -2.17. The molecule has 0 bridgehead atoms. The lowest BCUT2D eigenvalue weighted by Crippen LogP contribution is -2.31. The van der Waals surface area contributed by atoms with Crippen LogP contribution >= 0.6 is 15.9 Å². The fraction of sp³-hybridized carbons (Fsp3) is 0.364. The minimum atomic E-state index is -2.51. The second-order valence-corrected chi connectivity index (χ2v) is 4.45. The van der Waals surface area contributed by atoms with E-state index in [1.807, 2.05) is 0 Å². The van der Waals surface area contributed by atoms with E-state index in [1.165, 1.54) is 7.05 Å². The molecule has 0 heterocycles. The van der Waals surface area contributed by atoms with Gasteiger partial charge >= 0.3 is 0 Å². The van der Waals surface area contributed by atoms with Crippen molar-refractivity contribution in [3.8, 4) is 0 Å². The lowest BCUT2D eigenvalue weighted by molar-refractivity contribution is 0.0619. The van der Waals surface area contributed by atoms with Gasteiger partial charge in [-0.25, -0.2) is 8.78 Å². The first-order chi connectivity index (χ1) is 7.41. The summed E-state index contributed by atoms with van der Waals surface area (Å²) >= 11 is 3.25. The number of carbonyl (C=O) groups is 1. The summed E-state index contributed by atoms with van der Waals surface area (Å²) in [7, 11) is 1.37. The van der Waals surface area contributed by atoms with Crippen LogP contribution in [0.15, 0.2) is 22.7 Å². The molecule has 0 fully saturated rings. The molecule has 1 amide bonds. The molecule has 2 nitrogen and oxygen atoms in total. The first-order valence-corrected chi connectivity index (χ1v) is 5.51. The smallest absolute Gasteiger partial charge is 0.255 e. The molecule has 88 valence electrons. The Morgan fingerprint density at radius 3 is 2.69 bits per heavy atom. The Kier molecular flexibility index (Phi) is 4.41. The molecule has 0 aliphatic rings. The Morgan fingerprint density at radius 1 is 1.50 bits per heavy atom. The Hall–Kier alpha value is -0.970. The number of alkyl halides is 2. The Labute approximate surface area is 101 Å². The minimum absolute atomic E-state index is 0.390. The van der Waals surface area contributed by atoms with Crippen LogP contribution in [-0.2, 0) is 0 Å². The molecular formula is C11H12BrF2NO. The molecular weight excluding hydrogens is 280 g/mol. The highest BCUT2D eigenvalue weighted by molar-refractivity contribution is 9.10. The van der Waals surface area contributed by atoms with E-state index >= 15 is 0 Å². The van der Waals surface area contributed by atoms with Gasteiger partial charge in [0.1, 0.15) is 0 Å². The van der Waals surface area contributed by atoms with Gasteiger partial charge in [-0.1, -0.05) is 22.0 Å². The van der Waals surface area contributed by atoms with E-state index in [1.54, 1.807) is 25.1 Å². The number of rotatable bonds is 3. The SMILES string of the molecule is Cc1ccc(Br)cc1C(=O)N(C)CC(F)F. The van der Waals surface area contributed by atoms with E-state index in [0.717, 1.165) is 14.9 Å². The maximum atomic E-state index is 12.1. The van der Waals surface area contributed by atoms with Crippen molar-refractivity contribution in [3.63, 3.8) is 0 Å². The summed E-state index contributed by atoms with van der Waals surface area (Å²) in [6.07, 6.45) is -2.51. The maximum Gasteiger partial charge on any atom is 0.255 e. The number of hydrogen-bond donors (Lipinski definition) is 0. The molecule has 1 aromatic rings. The molecule has 1 aromatic carbocycles. The van der Waals surface area contributed by atoms with E-state index in [0.29, 0.717) is 5.56 Å². The number of hydrogen-bond acceptors (Lipinski definition) is 1. The van der Waals surface area contributed by atoms with Gasteiger partial charge < -0.3 is 4.90 Å². The predicted molar refractivity (Wildman–Crippen MR) is 61.8 cm³/mol. The Morgan fingerprint density at radius 2 is 2.12 bits per heavy atom. The highest BCUT2D eigenvalue weighted by Crippen LogP contribution is 2.17. The highest BCUT2D eigenvalue weighted by Gasteiger charge is 2.17. The largest absolute Gasteiger partial charge is 0.336 e. The van der Waals surface area contributed by atoms with Crippen molar-refractivity contribution >= 4 is 21.8 Å². The maximum absolute atomic E-state index is 12.1. The van der Waals surface area contributed by atoms with Gasteiger partial charge in [-0.15, -0.1) is 0 Å². The Balaban J connectivity index is 2.91. The average molecular weight is 292 g/mol. The molecule has 0 saturated heterocycles. The second-order valence-electron chi connectivity index (χ2n) is 3.54. The van der Waals surface area contributed by atoms with Crippen LogP contribution in [0.1, 0.15) is 15.9 Å². The van der Waals surface area contributed by atoms with Crippen LogP contribution in [-0.4, -0.2) is 30.8 Å². The molecule has 0 N–H and O–H groups in total. The minimum Gasteiger partial charge on any atom is -0.336 e. The molecule has 1 rings (SSSR count). The highest BCUT2D eigenvalue weighted by atomic mass is 79.9. The molecule has 0 spiro atoms. The summed E-state index contributed by atoms with van der Waals surface area (Å²) in [6.45, 7) is 1.22. The second kappa shape index (κ2) is 5.39. The first kappa shape index (κ1) is 13.1. The van der Waals surface area contributed by atoms with Crippen LogP contribution in [0.2, 0.25) is 0 Å². The number of carbonyl (C=O) groups excluding carboxylic acids is 1. The van der Waals surface area contributed by atoms with Crippen molar-refractivity contribution in [3.05, 3.63) is 33.8 Å². The summed E-state index contributed by atoms with van der Waals surface area (Å²) in [5, 5.41) is 0. The zero-order valence-corrected chi connectivity index (χ0v) is 10.6. The van der Waals surface area contributed by atoms with Crippen LogP contribution in [0.5, 0.6) is 0 Å². The van der Waals surface area contributed by atoms with E-state index in [-0.39, 0.29) is 5.91 Å². The van der Waals surface area contributed by atoms with Gasteiger partial charge in [-0.2, -0.15) is 0 Å². The summed E-state index contributed by atoms with van der Waals surface area (Å²) in [5.41, 5.74) is 1.21. The van der Waals surface area contributed by atoms with Crippen molar-refractivity contribution in [1.29, 1.82) is 0 Å². The van der Waals surface area contributed by atoms with Crippen LogP contribution in [0, 0.1) is 6.92 Å². The summed E-state index contributed by atoms with van der Waals surface area (Å²) < 4.78 is 25.0. The van der Waals surface area contributed by atoms with Crippen molar-refractivity contribution in [1.82, 2.24) is 4.90 Å². The number of amides is 1. The van der Waals surface area contributed by atoms with Gasteiger partial charge in [0.05, 0.1) is 6.54 Å². The third kappa shape index (κ3) is 3.27. The van der Waals surface area contributed by atoms with Crippen LogP contribution in [0.3, 0.4) is 0 Å². The predicted octanol–water partition coefficient (Wildman–Crippen LogP) is 3.09. The number of nitrogens with zero attached hydrogens (tertiary/aromatic N) is 1. The summed E-state index contributed by atoms with van der Waals surface area (Å²) in [6, 6.07) is 5.21. The molecule has 0 aromatic heterocycles. The van der Waals surface area contributed by atoms with Gasteiger partial charge in [0, 0.05) is 17.1 Å². The monoisotopic (exact) mass is 291 g/mol. The van der Waals surface area contributed by atoms with Gasteiger partial charge in [0.2, 0.25) is 0 Å². The summed E-state index contributed by atoms with van der Waals surface area (Å²) in [4.78, 5) is 12.9. The molecule has 0 saturated carbocycles. The zero-order valence-electron chi connectivity index (χ0n) is 9.01. The normalized spacial score (nSPS) is 10.6. The third-order valence-corrected chi connectivity index (χ3v) is 2.68. The molecule has 0 radical (unpaired) electrons. The van der Waals surface area contributed by atoms with Gasteiger partial charge in [-0.3, -0.25) is 4.79 Å². The van der Waals surface area contributed by atoms with E-state index < -0.39 is 13.0 Å². The quantitative estimate of drug-likeness (QED) is 0.838. The van der Waals surface area contributed by atoms with Gasteiger partial charge in [0.15, 0.2) is 0 Å². The first-order valence-electron chi connectivity index (χ1n) is 4.71. The standard InChI is InChI=1S/C11H12BrF2NO/c1-7-3-4-8(12)5-9(7)11(16)15(2)6-10(13)14/h3-5,10H,6H2,1-2H3. The molecule has 16 heavy (non-hydrogen) atoms. The van der Waals surface area contributed by atoms with Crippen molar-refractivity contribution in [2.24, 2.45) is 0 Å². The van der Waals surface area contributed by atoms with Crippen molar-refractivity contribution < 1.29 is 13.6 Å². The lowest BCUT2D eigenvalue weighted by atomic mass is 10.1. The molecule has 5 heteroatoms. The summed E-state index contributed by atoms with van der Waals surface area (Å²) in [5.74, 6) is -0.390. The number of benzene rings is 1. The molecule has 0 aliphatic carbocycles. The van der Waals surface area contributed by atoms with Gasteiger partial charge in [0.25, 0.3) is 12.3 Å². The van der Waals surface area contributed by atoms with Crippen molar-refractivity contribution in [2.75, 3.05) is 13.6 Å². The van der Waals surface area contributed by atoms with Crippen molar-refractivity contribution in [2.45, 2.75) is 13.3 Å². The van der Waals surface area contributed by atoms with Crippen LogP contribution < -0.4 is 0 Å². The molecule has 0 atom stereocenters.